The highest BCUT2D eigenvalue weighted by Crippen LogP contribution is 2.47. The number of benzene rings is 1. The van der Waals surface area contributed by atoms with Crippen LogP contribution >= 0.6 is 0 Å². The number of rotatable bonds is 7. The summed E-state index contributed by atoms with van der Waals surface area (Å²) < 4.78 is 0. The van der Waals surface area contributed by atoms with Gasteiger partial charge in [-0.3, -0.25) is 0 Å². The van der Waals surface area contributed by atoms with Gasteiger partial charge in [0.25, 0.3) is 0 Å². The van der Waals surface area contributed by atoms with E-state index in [0.29, 0.717) is 17.4 Å². The fraction of sp³-hybridized carbons (Fsp3) is 0.474. The number of nitrogens with zero attached hydrogens (tertiary/aromatic N) is 3. The van der Waals surface area contributed by atoms with Crippen LogP contribution in [-0.4, -0.2) is 42.7 Å². The van der Waals surface area contributed by atoms with Gasteiger partial charge in [0.1, 0.15) is 5.82 Å². The lowest BCUT2D eigenvalue weighted by molar-refractivity contribution is 0.447. The largest absolute Gasteiger partial charge is 0.368 e. The van der Waals surface area contributed by atoms with Crippen molar-refractivity contribution in [2.45, 2.75) is 30.8 Å². The first-order chi connectivity index (χ1) is 12.2. The molecule has 1 aliphatic heterocycles. The first-order valence-electron chi connectivity index (χ1n) is 9.00. The molecule has 4 rings (SSSR count). The third-order valence-electron chi connectivity index (χ3n) is 5.41. The second kappa shape index (κ2) is 6.61. The highest BCUT2D eigenvalue weighted by molar-refractivity contribution is 5.46. The monoisotopic (exact) mass is 338 g/mol. The lowest BCUT2D eigenvalue weighted by Crippen LogP contribution is -2.57. The van der Waals surface area contributed by atoms with Crippen LogP contribution in [0.5, 0.6) is 0 Å². The van der Waals surface area contributed by atoms with E-state index in [2.05, 4.69) is 61.9 Å². The summed E-state index contributed by atoms with van der Waals surface area (Å²) in [4.78, 5) is 11.0. The lowest BCUT2D eigenvalue weighted by Gasteiger charge is -2.40. The molecule has 0 radical (unpaired) electrons. The number of nitrogens with one attached hydrogen (secondary N) is 2. The highest BCUT2D eigenvalue weighted by atomic mass is 15.3. The third kappa shape index (κ3) is 3.45. The summed E-state index contributed by atoms with van der Waals surface area (Å²) in [5.41, 5.74) is 8.61. The van der Waals surface area contributed by atoms with Crippen LogP contribution in [0.3, 0.4) is 0 Å². The summed E-state index contributed by atoms with van der Waals surface area (Å²) in [7, 11) is 1.99. The van der Waals surface area contributed by atoms with Gasteiger partial charge in [-0.25, -0.2) is 4.98 Å². The fourth-order valence-electron chi connectivity index (χ4n) is 3.54. The topological polar surface area (TPSA) is 79.1 Å². The number of nitrogens with two attached hydrogens (primary N) is 1. The van der Waals surface area contributed by atoms with Gasteiger partial charge in [-0.2, -0.15) is 4.98 Å². The average molecular weight is 338 g/mol. The van der Waals surface area contributed by atoms with Gasteiger partial charge in [0.05, 0.1) is 5.69 Å². The summed E-state index contributed by atoms with van der Waals surface area (Å²) >= 11 is 0. The number of anilines is 2. The average Bonchev–Trinajstić information content (AvgIpc) is 3.35. The molecule has 1 aromatic heterocycles. The van der Waals surface area contributed by atoms with Gasteiger partial charge >= 0.3 is 0 Å². The van der Waals surface area contributed by atoms with E-state index in [9.17, 15) is 0 Å². The van der Waals surface area contributed by atoms with Crippen LogP contribution < -0.4 is 21.3 Å². The number of hydrogen-bond acceptors (Lipinski definition) is 6. The number of hydrogen-bond donors (Lipinski definition) is 3. The number of nitrogen functional groups attached to an aromatic ring is 1. The van der Waals surface area contributed by atoms with Crippen molar-refractivity contribution >= 4 is 11.8 Å². The molecule has 0 amide bonds. The normalized spacial score (nSPS) is 18.8. The quantitative estimate of drug-likeness (QED) is 0.706. The van der Waals surface area contributed by atoms with E-state index >= 15 is 0 Å². The zero-order valence-electron chi connectivity index (χ0n) is 14.7. The Bertz CT molecular complexity index is 722. The van der Waals surface area contributed by atoms with Gasteiger partial charge in [0.2, 0.25) is 5.95 Å². The predicted octanol–water partition coefficient (Wildman–Crippen LogP) is 1.29. The molecule has 1 aliphatic carbocycles. The minimum Gasteiger partial charge on any atom is -0.368 e. The lowest BCUT2D eigenvalue weighted by atomic mass is 9.96. The molecule has 6 nitrogen and oxygen atoms in total. The summed E-state index contributed by atoms with van der Waals surface area (Å²) in [5, 5.41) is 6.85. The van der Waals surface area contributed by atoms with Gasteiger partial charge in [-0.1, -0.05) is 30.3 Å². The molecule has 2 fully saturated rings. The van der Waals surface area contributed by atoms with Crippen LogP contribution in [0, 0.1) is 0 Å². The van der Waals surface area contributed by atoms with Gasteiger partial charge in [0.15, 0.2) is 0 Å². The number of aromatic nitrogens is 2. The highest BCUT2D eigenvalue weighted by Gasteiger charge is 2.43. The molecule has 2 aliphatic rings. The minimum absolute atomic E-state index is 0.306. The maximum atomic E-state index is 5.91. The molecule has 0 bridgehead atoms. The molecular formula is C19H26N6. The van der Waals surface area contributed by atoms with E-state index in [-0.39, 0.29) is 0 Å². The van der Waals surface area contributed by atoms with E-state index in [0.717, 1.165) is 37.7 Å². The zero-order valence-corrected chi connectivity index (χ0v) is 14.7. The van der Waals surface area contributed by atoms with Crippen LogP contribution in [-0.2, 0) is 12.0 Å². The van der Waals surface area contributed by atoms with E-state index in [4.69, 9.17) is 5.73 Å². The van der Waals surface area contributed by atoms with Gasteiger partial charge < -0.3 is 21.3 Å². The molecule has 0 atom stereocenters. The molecular weight excluding hydrogens is 312 g/mol. The Labute approximate surface area is 148 Å². The van der Waals surface area contributed by atoms with E-state index in [1.807, 2.05) is 7.05 Å². The SMILES string of the molecule is CNC1CN(c2cc(CNCC3(c4ccccc4)CC3)nc(N)n2)C1. The molecule has 1 saturated heterocycles. The van der Waals surface area contributed by atoms with Crippen molar-refractivity contribution in [3.8, 4) is 0 Å². The molecule has 132 valence electrons. The Hall–Kier alpha value is -2.18. The second-order valence-corrected chi connectivity index (χ2v) is 7.22. The molecule has 0 unspecified atom stereocenters. The van der Waals surface area contributed by atoms with Crippen molar-refractivity contribution in [3.63, 3.8) is 0 Å². The Morgan fingerprint density at radius 3 is 2.64 bits per heavy atom. The first kappa shape index (κ1) is 16.3. The number of likely N-dealkylation sites (N-methyl/N-ethyl adjacent to an activating group) is 1. The molecule has 1 saturated carbocycles. The molecule has 1 aromatic carbocycles. The molecule has 0 spiro atoms. The second-order valence-electron chi connectivity index (χ2n) is 7.22. The predicted molar refractivity (Wildman–Crippen MR) is 101 cm³/mol. The standard InChI is InChI=1S/C19H26N6/c1-21-16-11-25(12-16)17-9-15(23-18(20)24-17)10-22-13-19(7-8-19)14-5-3-2-4-6-14/h2-6,9,16,21-22H,7-8,10-13H2,1H3,(H2,20,23,24). The summed E-state index contributed by atoms with van der Waals surface area (Å²) in [6.07, 6.45) is 2.50. The molecule has 4 N–H and O–H groups in total. The molecule has 6 heteroatoms. The summed E-state index contributed by atoms with van der Waals surface area (Å²) in [6.45, 7) is 3.63. The summed E-state index contributed by atoms with van der Waals surface area (Å²) in [6, 6.07) is 13.4. The van der Waals surface area contributed by atoms with Crippen molar-refractivity contribution in [2.75, 3.05) is 37.3 Å². The summed E-state index contributed by atoms with van der Waals surface area (Å²) in [5.74, 6) is 1.28. The van der Waals surface area contributed by atoms with E-state index in [1.54, 1.807) is 0 Å². The fourth-order valence-corrected chi connectivity index (χ4v) is 3.54. The van der Waals surface area contributed by atoms with Crippen LogP contribution in [0.1, 0.15) is 24.1 Å². The van der Waals surface area contributed by atoms with Gasteiger partial charge in [-0.15, -0.1) is 0 Å². The van der Waals surface area contributed by atoms with Crippen molar-refractivity contribution in [1.82, 2.24) is 20.6 Å². The van der Waals surface area contributed by atoms with Crippen LogP contribution in [0.2, 0.25) is 0 Å². The van der Waals surface area contributed by atoms with E-state index in [1.165, 1.54) is 18.4 Å². The van der Waals surface area contributed by atoms with Gasteiger partial charge in [-0.05, 0) is 25.5 Å². The Balaban J connectivity index is 1.36. The van der Waals surface area contributed by atoms with Crippen LogP contribution in [0.15, 0.2) is 36.4 Å². The van der Waals surface area contributed by atoms with Crippen molar-refractivity contribution in [1.29, 1.82) is 0 Å². The Morgan fingerprint density at radius 1 is 1.20 bits per heavy atom. The van der Waals surface area contributed by atoms with Crippen LogP contribution in [0.4, 0.5) is 11.8 Å². The van der Waals surface area contributed by atoms with Crippen LogP contribution in [0.25, 0.3) is 0 Å². The Kier molecular flexibility index (Phi) is 4.31. The third-order valence-corrected chi connectivity index (χ3v) is 5.41. The van der Waals surface area contributed by atoms with E-state index < -0.39 is 0 Å². The molecule has 2 aromatic rings. The zero-order chi connectivity index (χ0) is 17.3. The van der Waals surface area contributed by atoms with Gasteiger partial charge in [0, 0.05) is 43.7 Å². The van der Waals surface area contributed by atoms with Crippen molar-refractivity contribution < 1.29 is 0 Å². The maximum absolute atomic E-state index is 5.91. The minimum atomic E-state index is 0.306. The van der Waals surface area contributed by atoms with Crippen molar-refractivity contribution in [3.05, 3.63) is 47.7 Å². The first-order valence-corrected chi connectivity index (χ1v) is 9.00. The Morgan fingerprint density at radius 2 is 1.96 bits per heavy atom. The smallest absolute Gasteiger partial charge is 0.222 e. The maximum Gasteiger partial charge on any atom is 0.222 e. The molecule has 2 heterocycles. The van der Waals surface area contributed by atoms with Crippen molar-refractivity contribution in [2.24, 2.45) is 0 Å². The molecule has 25 heavy (non-hydrogen) atoms.